The summed E-state index contributed by atoms with van der Waals surface area (Å²) in [5.74, 6) is -0.0265. The van der Waals surface area contributed by atoms with Crippen LogP contribution in [0.15, 0.2) is 29.5 Å². The summed E-state index contributed by atoms with van der Waals surface area (Å²) in [6.45, 7) is 3.99. The maximum atomic E-state index is 11.5. The fourth-order valence-electron chi connectivity index (χ4n) is 1.55. The number of rotatable bonds is 7. The number of unbranched alkanes of at least 4 members (excludes halogenated alkanes) is 3. The van der Waals surface area contributed by atoms with Crippen molar-refractivity contribution in [2.45, 2.75) is 46.0 Å². The van der Waals surface area contributed by atoms with Gasteiger partial charge in [-0.3, -0.25) is 9.78 Å². The molecule has 0 saturated heterocycles. The minimum absolute atomic E-state index is 0.0265. The van der Waals surface area contributed by atoms with Gasteiger partial charge in [0, 0.05) is 12.6 Å². The van der Waals surface area contributed by atoms with Crippen molar-refractivity contribution in [3.63, 3.8) is 0 Å². The molecule has 0 unspecified atom stereocenters. The van der Waals surface area contributed by atoms with E-state index < -0.39 is 0 Å². The van der Waals surface area contributed by atoms with Crippen LogP contribution in [-0.2, 0) is 4.79 Å². The molecule has 0 bridgehead atoms. The van der Waals surface area contributed by atoms with Gasteiger partial charge in [0.25, 0.3) is 0 Å². The summed E-state index contributed by atoms with van der Waals surface area (Å²) in [5.41, 5.74) is 4.07. The van der Waals surface area contributed by atoms with Crippen molar-refractivity contribution in [1.82, 2.24) is 10.4 Å². The second-order valence-electron chi connectivity index (χ2n) is 4.26. The average Bonchev–Trinajstić information content (AvgIpc) is 2.42. The van der Waals surface area contributed by atoms with Gasteiger partial charge in [0.2, 0.25) is 5.91 Å². The number of amides is 1. The number of pyridine rings is 1. The Hall–Kier alpha value is -1.71. The van der Waals surface area contributed by atoms with Gasteiger partial charge in [0.1, 0.15) is 0 Å². The molecule has 0 atom stereocenters. The average molecular weight is 247 g/mol. The Labute approximate surface area is 109 Å². The van der Waals surface area contributed by atoms with Crippen LogP contribution in [0.4, 0.5) is 0 Å². The number of nitrogens with zero attached hydrogens (tertiary/aromatic N) is 2. The summed E-state index contributed by atoms with van der Waals surface area (Å²) in [5, 5.41) is 4.05. The fraction of sp³-hybridized carbons (Fsp3) is 0.500. The number of aromatic nitrogens is 1. The van der Waals surface area contributed by atoms with Crippen LogP contribution in [-0.4, -0.2) is 16.6 Å². The topological polar surface area (TPSA) is 54.4 Å². The first-order valence-corrected chi connectivity index (χ1v) is 6.48. The number of hydrazone groups is 1. The van der Waals surface area contributed by atoms with E-state index in [2.05, 4.69) is 22.4 Å². The third-order valence-electron chi connectivity index (χ3n) is 2.64. The number of hydrogen-bond donors (Lipinski definition) is 1. The predicted octanol–water partition coefficient (Wildman–Crippen LogP) is 2.89. The van der Waals surface area contributed by atoms with Crippen molar-refractivity contribution in [3.8, 4) is 0 Å². The van der Waals surface area contributed by atoms with E-state index in [9.17, 15) is 4.79 Å². The van der Waals surface area contributed by atoms with Gasteiger partial charge in [-0.1, -0.05) is 32.3 Å². The summed E-state index contributed by atoms with van der Waals surface area (Å²) in [6.07, 6.45) is 6.65. The SMILES string of the molecule is CCCCCCC(=O)N/N=C(\C)c1ccccn1. The summed E-state index contributed by atoms with van der Waals surface area (Å²) in [6, 6.07) is 5.61. The van der Waals surface area contributed by atoms with Gasteiger partial charge in [-0.15, -0.1) is 0 Å². The molecule has 98 valence electrons. The molecule has 0 spiro atoms. The van der Waals surface area contributed by atoms with Crippen molar-refractivity contribution >= 4 is 11.6 Å². The fourth-order valence-corrected chi connectivity index (χ4v) is 1.55. The molecule has 0 saturated carbocycles. The molecule has 1 rings (SSSR count). The molecule has 4 heteroatoms. The van der Waals surface area contributed by atoms with E-state index in [0.29, 0.717) is 6.42 Å². The van der Waals surface area contributed by atoms with E-state index in [1.54, 1.807) is 6.20 Å². The maximum Gasteiger partial charge on any atom is 0.240 e. The molecule has 0 aliphatic rings. The molecule has 0 aliphatic heterocycles. The Morgan fingerprint density at radius 1 is 1.33 bits per heavy atom. The molecule has 4 nitrogen and oxygen atoms in total. The summed E-state index contributed by atoms with van der Waals surface area (Å²) < 4.78 is 0. The first kappa shape index (κ1) is 14.4. The lowest BCUT2D eigenvalue weighted by Crippen LogP contribution is -2.19. The van der Waals surface area contributed by atoms with Crippen LogP contribution in [0.3, 0.4) is 0 Å². The molecular weight excluding hydrogens is 226 g/mol. The zero-order chi connectivity index (χ0) is 13.2. The van der Waals surface area contributed by atoms with Crippen LogP contribution in [0.2, 0.25) is 0 Å². The van der Waals surface area contributed by atoms with Gasteiger partial charge in [-0.25, -0.2) is 5.43 Å². The monoisotopic (exact) mass is 247 g/mol. The minimum Gasteiger partial charge on any atom is -0.273 e. The molecule has 0 fully saturated rings. The first-order chi connectivity index (χ1) is 8.74. The van der Waals surface area contributed by atoms with Crippen molar-refractivity contribution in [3.05, 3.63) is 30.1 Å². The Bertz CT molecular complexity index is 387. The summed E-state index contributed by atoms with van der Waals surface area (Å²) in [4.78, 5) is 15.7. The van der Waals surface area contributed by atoms with Crippen LogP contribution < -0.4 is 5.43 Å². The smallest absolute Gasteiger partial charge is 0.240 e. The van der Waals surface area contributed by atoms with E-state index in [1.165, 1.54) is 12.8 Å². The van der Waals surface area contributed by atoms with E-state index >= 15 is 0 Å². The van der Waals surface area contributed by atoms with Crippen LogP contribution in [0.1, 0.15) is 51.6 Å². The van der Waals surface area contributed by atoms with E-state index in [0.717, 1.165) is 24.2 Å². The standard InChI is InChI=1S/C14H21N3O/c1-3-4-5-6-10-14(18)17-16-12(2)13-9-7-8-11-15-13/h7-9,11H,3-6,10H2,1-2H3,(H,17,18)/b16-12+. The van der Waals surface area contributed by atoms with Crippen molar-refractivity contribution in [1.29, 1.82) is 0 Å². The summed E-state index contributed by atoms with van der Waals surface area (Å²) >= 11 is 0. The largest absolute Gasteiger partial charge is 0.273 e. The quantitative estimate of drug-likeness (QED) is 0.457. The zero-order valence-corrected chi connectivity index (χ0v) is 11.1. The van der Waals surface area contributed by atoms with E-state index in [1.807, 2.05) is 25.1 Å². The van der Waals surface area contributed by atoms with E-state index in [4.69, 9.17) is 0 Å². The van der Waals surface area contributed by atoms with Crippen molar-refractivity contribution < 1.29 is 4.79 Å². The predicted molar refractivity (Wildman–Crippen MR) is 73.3 cm³/mol. The van der Waals surface area contributed by atoms with Gasteiger partial charge >= 0.3 is 0 Å². The molecule has 1 heterocycles. The molecule has 1 amide bonds. The normalized spacial score (nSPS) is 11.3. The summed E-state index contributed by atoms with van der Waals surface area (Å²) in [7, 11) is 0. The molecule has 1 N–H and O–H groups in total. The molecule has 1 aromatic rings. The molecule has 1 aromatic heterocycles. The Balaban J connectivity index is 2.32. The molecule has 18 heavy (non-hydrogen) atoms. The van der Waals surface area contributed by atoms with Gasteiger partial charge in [0.15, 0.2) is 0 Å². The molecule has 0 radical (unpaired) electrons. The first-order valence-electron chi connectivity index (χ1n) is 6.48. The van der Waals surface area contributed by atoms with E-state index in [-0.39, 0.29) is 5.91 Å². The lowest BCUT2D eigenvalue weighted by molar-refractivity contribution is -0.121. The van der Waals surface area contributed by atoms with Crippen molar-refractivity contribution in [2.75, 3.05) is 0 Å². The molecular formula is C14H21N3O. The number of carbonyl (C=O) groups excluding carboxylic acids is 1. The Kier molecular flexibility index (Phi) is 6.69. The highest BCUT2D eigenvalue weighted by Gasteiger charge is 2.01. The van der Waals surface area contributed by atoms with Crippen LogP contribution in [0.25, 0.3) is 0 Å². The van der Waals surface area contributed by atoms with Crippen LogP contribution in [0, 0.1) is 0 Å². The number of carbonyl (C=O) groups is 1. The van der Waals surface area contributed by atoms with Crippen LogP contribution >= 0.6 is 0 Å². The molecule has 0 aromatic carbocycles. The zero-order valence-electron chi connectivity index (χ0n) is 11.1. The minimum atomic E-state index is -0.0265. The second-order valence-corrected chi connectivity index (χ2v) is 4.26. The highest BCUT2D eigenvalue weighted by molar-refractivity contribution is 5.97. The second kappa shape index (κ2) is 8.39. The van der Waals surface area contributed by atoms with Gasteiger partial charge in [-0.05, 0) is 25.5 Å². The number of nitrogens with one attached hydrogen (secondary N) is 1. The highest BCUT2D eigenvalue weighted by atomic mass is 16.2. The Morgan fingerprint density at radius 3 is 2.83 bits per heavy atom. The maximum absolute atomic E-state index is 11.5. The Morgan fingerprint density at radius 2 is 2.17 bits per heavy atom. The van der Waals surface area contributed by atoms with Gasteiger partial charge in [-0.2, -0.15) is 5.10 Å². The van der Waals surface area contributed by atoms with Crippen molar-refractivity contribution in [2.24, 2.45) is 5.10 Å². The lowest BCUT2D eigenvalue weighted by atomic mass is 10.1. The van der Waals surface area contributed by atoms with Crippen LogP contribution in [0.5, 0.6) is 0 Å². The third-order valence-corrected chi connectivity index (χ3v) is 2.64. The van der Waals surface area contributed by atoms with Gasteiger partial charge < -0.3 is 0 Å². The third kappa shape index (κ3) is 5.57. The highest BCUT2D eigenvalue weighted by Crippen LogP contribution is 2.02. The molecule has 0 aliphatic carbocycles. The lowest BCUT2D eigenvalue weighted by Gasteiger charge is -2.02. The number of hydrogen-bond acceptors (Lipinski definition) is 3. The van der Waals surface area contributed by atoms with Gasteiger partial charge in [0.05, 0.1) is 11.4 Å².